The highest BCUT2D eigenvalue weighted by Crippen LogP contribution is 2.22. The summed E-state index contributed by atoms with van der Waals surface area (Å²) in [6.45, 7) is 6.46. The molecule has 1 aliphatic heterocycles. The SMILES string of the molecule is CC(C)(C)OC(=O)N1CCC[C@H](CS(=O)(=O)Cc2ccc(Cl)nc2)C1. The quantitative estimate of drug-likeness (QED) is 0.739. The van der Waals surface area contributed by atoms with E-state index in [-0.39, 0.29) is 23.5 Å². The number of likely N-dealkylation sites (tertiary alicyclic amines) is 1. The summed E-state index contributed by atoms with van der Waals surface area (Å²) in [6, 6.07) is 3.25. The summed E-state index contributed by atoms with van der Waals surface area (Å²) in [6.07, 6.45) is 2.67. The van der Waals surface area contributed by atoms with Crippen LogP contribution in [0.1, 0.15) is 39.2 Å². The lowest BCUT2D eigenvalue weighted by Gasteiger charge is -2.34. The molecule has 8 heteroatoms. The number of carbonyl (C=O) groups is 1. The minimum absolute atomic E-state index is 0.0505. The van der Waals surface area contributed by atoms with Crippen LogP contribution in [0.15, 0.2) is 18.3 Å². The van der Waals surface area contributed by atoms with Crippen LogP contribution in [0.4, 0.5) is 4.79 Å². The molecule has 0 bridgehead atoms. The van der Waals surface area contributed by atoms with Gasteiger partial charge >= 0.3 is 6.09 Å². The Balaban J connectivity index is 1.94. The number of sulfone groups is 1. The molecule has 0 aliphatic carbocycles. The molecule has 0 aromatic carbocycles. The fraction of sp³-hybridized carbons (Fsp3) is 0.647. The second-order valence-electron chi connectivity index (χ2n) is 7.48. The summed E-state index contributed by atoms with van der Waals surface area (Å²) in [4.78, 5) is 17.7. The maximum Gasteiger partial charge on any atom is 0.410 e. The Morgan fingerprint density at radius 3 is 2.72 bits per heavy atom. The van der Waals surface area contributed by atoms with Crippen LogP contribution in [0.3, 0.4) is 0 Å². The zero-order valence-corrected chi connectivity index (χ0v) is 16.4. The second kappa shape index (κ2) is 7.91. The molecule has 0 radical (unpaired) electrons. The van der Waals surface area contributed by atoms with E-state index in [1.165, 1.54) is 6.20 Å². The Kier molecular flexibility index (Phi) is 6.32. The van der Waals surface area contributed by atoms with Gasteiger partial charge in [0.1, 0.15) is 10.8 Å². The molecule has 0 saturated carbocycles. The van der Waals surface area contributed by atoms with Gasteiger partial charge in [0.25, 0.3) is 0 Å². The van der Waals surface area contributed by atoms with Gasteiger partial charge in [-0.3, -0.25) is 0 Å². The van der Waals surface area contributed by atoms with Crippen molar-refractivity contribution in [1.82, 2.24) is 9.88 Å². The Labute approximate surface area is 154 Å². The predicted molar refractivity (Wildman–Crippen MR) is 97.3 cm³/mol. The molecule has 1 fully saturated rings. The molecule has 1 amide bonds. The maximum absolute atomic E-state index is 12.5. The summed E-state index contributed by atoms with van der Waals surface area (Å²) >= 11 is 5.72. The number of rotatable bonds is 4. The highest BCUT2D eigenvalue weighted by atomic mass is 35.5. The van der Waals surface area contributed by atoms with E-state index < -0.39 is 15.4 Å². The summed E-state index contributed by atoms with van der Waals surface area (Å²) < 4.78 is 30.3. The number of amides is 1. The minimum Gasteiger partial charge on any atom is -0.444 e. The molecule has 0 N–H and O–H groups in total. The molecule has 2 heterocycles. The van der Waals surface area contributed by atoms with Crippen molar-refractivity contribution in [3.8, 4) is 0 Å². The standard InChI is InChI=1S/C17H25ClN2O4S/c1-17(2,3)24-16(21)20-8-4-5-14(10-20)12-25(22,23)11-13-6-7-15(18)19-9-13/h6-7,9,14H,4-5,8,10-12H2,1-3H3/t14-/m0/s1. The topological polar surface area (TPSA) is 76.6 Å². The molecule has 1 atom stereocenters. The number of piperidine rings is 1. The van der Waals surface area contributed by atoms with Gasteiger partial charge in [-0.2, -0.15) is 0 Å². The monoisotopic (exact) mass is 388 g/mol. The van der Waals surface area contributed by atoms with Crippen LogP contribution in [-0.4, -0.2) is 48.8 Å². The van der Waals surface area contributed by atoms with E-state index in [4.69, 9.17) is 16.3 Å². The highest BCUT2D eigenvalue weighted by molar-refractivity contribution is 7.90. The molecule has 0 spiro atoms. The minimum atomic E-state index is -3.29. The van der Waals surface area contributed by atoms with Gasteiger partial charge in [-0.25, -0.2) is 18.2 Å². The third kappa shape index (κ3) is 6.82. The largest absolute Gasteiger partial charge is 0.444 e. The van der Waals surface area contributed by atoms with E-state index in [2.05, 4.69) is 4.98 Å². The maximum atomic E-state index is 12.5. The lowest BCUT2D eigenvalue weighted by molar-refractivity contribution is 0.0176. The summed E-state index contributed by atoms with van der Waals surface area (Å²) in [7, 11) is -3.29. The molecule has 1 aromatic rings. The normalized spacial score (nSPS) is 18.9. The van der Waals surface area contributed by atoms with E-state index >= 15 is 0 Å². The van der Waals surface area contributed by atoms with Crippen molar-refractivity contribution >= 4 is 27.5 Å². The van der Waals surface area contributed by atoms with E-state index in [1.54, 1.807) is 17.0 Å². The first-order chi connectivity index (χ1) is 11.5. The Morgan fingerprint density at radius 1 is 1.40 bits per heavy atom. The first-order valence-electron chi connectivity index (χ1n) is 8.33. The zero-order chi connectivity index (χ0) is 18.7. The fourth-order valence-corrected chi connectivity index (χ4v) is 4.76. The number of carbonyl (C=O) groups excluding carboxylic acids is 1. The molecule has 1 aliphatic rings. The van der Waals surface area contributed by atoms with Crippen molar-refractivity contribution in [2.75, 3.05) is 18.8 Å². The molecule has 2 rings (SSSR count). The lowest BCUT2D eigenvalue weighted by Crippen LogP contribution is -2.44. The second-order valence-corrected chi connectivity index (χ2v) is 9.97. The van der Waals surface area contributed by atoms with Crippen molar-refractivity contribution in [2.45, 2.75) is 45.0 Å². The van der Waals surface area contributed by atoms with Crippen molar-refractivity contribution in [3.63, 3.8) is 0 Å². The van der Waals surface area contributed by atoms with Gasteiger partial charge in [0, 0.05) is 19.3 Å². The van der Waals surface area contributed by atoms with E-state index in [1.807, 2.05) is 20.8 Å². The lowest BCUT2D eigenvalue weighted by atomic mass is 10.0. The van der Waals surface area contributed by atoms with Gasteiger partial charge in [-0.1, -0.05) is 17.7 Å². The average molecular weight is 389 g/mol. The van der Waals surface area contributed by atoms with Crippen LogP contribution in [-0.2, 0) is 20.3 Å². The molecule has 1 saturated heterocycles. The smallest absolute Gasteiger partial charge is 0.410 e. The van der Waals surface area contributed by atoms with Crippen molar-refractivity contribution < 1.29 is 17.9 Å². The Hall–Kier alpha value is -1.34. The fourth-order valence-electron chi connectivity index (χ4n) is 2.86. The van der Waals surface area contributed by atoms with Gasteiger partial charge in [-0.05, 0) is 51.2 Å². The molecule has 0 unspecified atom stereocenters. The number of pyridine rings is 1. The van der Waals surface area contributed by atoms with Crippen LogP contribution in [0.25, 0.3) is 0 Å². The number of halogens is 1. The summed E-state index contributed by atoms with van der Waals surface area (Å²) in [5.74, 6) is -0.0961. The first-order valence-corrected chi connectivity index (χ1v) is 10.5. The Morgan fingerprint density at radius 2 is 2.12 bits per heavy atom. The number of aromatic nitrogens is 1. The van der Waals surface area contributed by atoms with Gasteiger partial charge in [0.2, 0.25) is 0 Å². The van der Waals surface area contributed by atoms with Crippen LogP contribution in [0, 0.1) is 5.92 Å². The zero-order valence-electron chi connectivity index (χ0n) is 14.9. The third-order valence-electron chi connectivity index (χ3n) is 3.84. The molecular weight excluding hydrogens is 364 g/mol. The average Bonchev–Trinajstić information content (AvgIpc) is 2.47. The van der Waals surface area contributed by atoms with Crippen LogP contribution >= 0.6 is 11.6 Å². The number of nitrogens with zero attached hydrogens (tertiary/aromatic N) is 2. The van der Waals surface area contributed by atoms with Crippen LogP contribution < -0.4 is 0 Å². The highest BCUT2D eigenvalue weighted by Gasteiger charge is 2.30. The molecular formula is C17H25ClN2O4S. The molecule has 6 nitrogen and oxygen atoms in total. The van der Waals surface area contributed by atoms with Crippen LogP contribution in [0.2, 0.25) is 5.15 Å². The van der Waals surface area contributed by atoms with E-state index in [0.717, 1.165) is 12.8 Å². The predicted octanol–water partition coefficient (Wildman–Crippen LogP) is 3.30. The summed E-state index contributed by atoms with van der Waals surface area (Å²) in [5.41, 5.74) is 0.0572. The van der Waals surface area contributed by atoms with E-state index in [0.29, 0.717) is 23.8 Å². The van der Waals surface area contributed by atoms with Gasteiger partial charge in [-0.15, -0.1) is 0 Å². The van der Waals surface area contributed by atoms with Gasteiger partial charge < -0.3 is 9.64 Å². The Bertz CT molecular complexity index is 698. The molecule has 25 heavy (non-hydrogen) atoms. The van der Waals surface area contributed by atoms with Crippen molar-refractivity contribution in [1.29, 1.82) is 0 Å². The third-order valence-corrected chi connectivity index (χ3v) is 5.81. The molecule has 140 valence electrons. The first kappa shape index (κ1) is 20.0. The van der Waals surface area contributed by atoms with Gasteiger partial charge in [0.15, 0.2) is 9.84 Å². The number of ether oxygens (including phenoxy) is 1. The van der Waals surface area contributed by atoms with Crippen molar-refractivity contribution in [3.05, 3.63) is 29.0 Å². The van der Waals surface area contributed by atoms with Gasteiger partial charge in [0.05, 0.1) is 11.5 Å². The number of hydrogen-bond acceptors (Lipinski definition) is 5. The summed E-state index contributed by atoms with van der Waals surface area (Å²) in [5, 5.41) is 0.335. The number of hydrogen-bond donors (Lipinski definition) is 0. The van der Waals surface area contributed by atoms with E-state index in [9.17, 15) is 13.2 Å². The van der Waals surface area contributed by atoms with Crippen molar-refractivity contribution in [2.24, 2.45) is 5.92 Å². The van der Waals surface area contributed by atoms with Crippen LogP contribution in [0.5, 0.6) is 0 Å². The molecule has 1 aromatic heterocycles.